The number of carbonyl (C=O) groups excluding carboxylic acids is 2. The van der Waals surface area contributed by atoms with Gasteiger partial charge < -0.3 is 9.47 Å². The van der Waals surface area contributed by atoms with Crippen molar-refractivity contribution < 1.29 is 19.1 Å². The van der Waals surface area contributed by atoms with Gasteiger partial charge in [0.25, 0.3) is 0 Å². The highest BCUT2D eigenvalue weighted by molar-refractivity contribution is 5.76. The molecule has 0 saturated carbocycles. The lowest BCUT2D eigenvalue weighted by Crippen LogP contribution is -2.33. The van der Waals surface area contributed by atoms with Gasteiger partial charge in [-0.2, -0.15) is 0 Å². The molecule has 0 fully saturated rings. The van der Waals surface area contributed by atoms with Gasteiger partial charge in [-0.05, 0) is 44.9 Å². The van der Waals surface area contributed by atoms with Crippen molar-refractivity contribution >= 4 is 11.9 Å². The fourth-order valence-corrected chi connectivity index (χ4v) is 2.60. The first-order chi connectivity index (χ1) is 11.7. The van der Waals surface area contributed by atoms with Gasteiger partial charge >= 0.3 is 11.9 Å². The van der Waals surface area contributed by atoms with Gasteiger partial charge in [0.1, 0.15) is 12.7 Å². The van der Waals surface area contributed by atoms with Gasteiger partial charge in [0.2, 0.25) is 0 Å². The number of esters is 2. The molecule has 0 aliphatic heterocycles. The standard InChI is InChI=1S/C21H40O4/c1-8-20(6,9-2)15-13-12-14-18(22)24-16-17(5)25-19(23)21(7,10-3)11-4/h17H,8-16H2,1-7H3. The molecule has 0 aromatic heterocycles. The summed E-state index contributed by atoms with van der Waals surface area (Å²) in [6.45, 7) is 14.5. The molecular formula is C21H40O4. The lowest BCUT2D eigenvalue weighted by molar-refractivity contribution is -0.166. The number of ether oxygens (including phenoxy) is 2. The second kappa shape index (κ2) is 11.5. The smallest absolute Gasteiger partial charge is 0.312 e. The van der Waals surface area contributed by atoms with E-state index in [2.05, 4.69) is 20.8 Å². The molecule has 148 valence electrons. The maximum atomic E-state index is 12.2. The Morgan fingerprint density at radius 1 is 0.920 bits per heavy atom. The molecule has 0 radical (unpaired) electrons. The Kier molecular flexibility index (Phi) is 11.0. The molecule has 25 heavy (non-hydrogen) atoms. The minimum Gasteiger partial charge on any atom is -0.462 e. The van der Waals surface area contributed by atoms with E-state index in [9.17, 15) is 9.59 Å². The van der Waals surface area contributed by atoms with E-state index >= 15 is 0 Å². The highest BCUT2D eigenvalue weighted by atomic mass is 16.6. The molecule has 0 saturated heterocycles. The Hall–Kier alpha value is -1.06. The topological polar surface area (TPSA) is 52.6 Å². The number of rotatable bonds is 13. The summed E-state index contributed by atoms with van der Waals surface area (Å²) >= 11 is 0. The maximum Gasteiger partial charge on any atom is 0.312 e. The summed E-state index contributed by atoms with van der Waals surface area (Å²) in [6, 6.07) is 0. The number of hydrogen-bond donors (Lipinski definition) is 0. The SMILES string of the molecule is CCC(C)(CC)CCCCC(=O)OCC(C)OC(=O)C(C)(CC)CC. The third-order valence-corrected chi connectivity index (χ3v) is 5.96. The van der Waals surface area contributed by atoms with E-state index in [1.54, 1.807) is 6.92 Å². The van der Waals surface area contributed by atoms with Crippen molar-refractivity contribution in [3.05, 3.63) is 0 Å². The normalized spacial score (nSPS) is 13.4. The predicted molar refractivity (Wildman–Crippen MR) is 102 cm³/mol. The molecule has 1 unspecified atom stereocenters. The molecule has 0 aliphatic rings. The summed E-state index contributed by atoms with van der Waals surface area (Å²) in [6.07, 6.45) is 6.90. The molecule has 0 aliphatic carbocycles. The van der Waals surface area contributed by atoms with E-state index in [0.717, 1.165) is 32.1 Å². The first-order valence-corrected chi connectivity index (χ1v) is 10.0. The first kappa shape index (κ1) is 23.9. The monoisotopic (exact) mass is 356 g/mol. The van der Waals surface area contributed by atoms with Crippen molar-refractivity contribution in [2.75, 3.05) is 6.61 Å². The zero-order valence-electron chi connectivity index (χ0n) is 17.6. The van der Waals surface area contributed by atoms with Crippen molar-refractivity contribution in [1.29, 1.82) is 0 Å². The van der Waals surface area contributed by atoms with E-state index in [1.807, 2.05) is 20.8 Å². The number of hydrogen-bond acceptors (Lipinski definition) is 4. The molecule has 0 spiro atoms. The lowest BCUT2D eigenvalue weighted by Gasteiger charge is -2.26. The molecule has 0 rings (SSSR count). The van der Waals surface area contributed by atoms with Crippen LogP contribution in [-0.4, -0.2) is 24.6 Å². The van der Waals surface area contributed by atoms with Crippen molar-refractivity contribution in [3.63, 3.8) is 0 Å². The Bertz CT molecular complexity index is 395. The van der Waals surface area contributed by atoms with Crippen LogP contribution < -0.4 is 0 Å². The zero-order chi connectivity index (χ0) is 19.5. The van der Waals surface area contributed by atoms with Crippen LogP contribution >= 0.6 is 0 Å². The van der Waals surface area contributed by atoms with Crippen molar-refractivity contribution in [2.24, 2.45) is 10.8 Å². The average Bonchev–Trinajstić information content (AvgIpc) is 2.62. The Labute approximate surface area is 155 Å². The molecule has 1 atom stereocenters. The molecule has 0 N–H and O–H groups in total. The third kappa shape index (κ3) is 8.73. The highest BCUT2D eigenvalue weighted by Crippen LogP contribution is 2.31. The summed E-state index contributed by atoms with van der Waals surface area (Å²) < 4.78 is 10.7. The van der Waals surface area contributed by atoms with Crippen molar-refractivity contribution in [2.45, 2.75) is 106 Å². The van der Waals surface area contributed by atoms with Crippen LogP contribution in [0, 0.1) is 10.8 Å². The Morgan fingerprint density at radius 3 is 1.96 bits per heavy atom. The van der Waals surface area contributed by atoms with Crippen molar-refractivity contribution in [1.82, 2.24) is 0 Å². The van der Waals surface area contributed by atoms with Crippen LogP contribution in [-0.2, 0) is 19.1 Å². The van der Waals surface area contributed by atoms with Crippen LogP contribution in [0.15, 0.2) is 0 Å². The summed E-state index contributed by atoms with van der Waals surface area (Å²) in [7, 11) is 0. The molecular weight excluding hydrogens is 316 g/mol. The van der Waals surface area contributed by atoms with Gasteiger partial charge in [0.15, 0.2) is 0 Å². The van der Waals surface area contributed by atoms with Gasteiger partial charge in [-0.25, -0.2) is 0 Å². The van der Waals surface area contributed by atoms with Gasteiger partial charge in [-0.3, -0.25) is 9.59 Å². The molecule has 0 aromatic rings. The summed E-state index contributed by atoms with van der Waals surface area (Å²) in [5.74, 6) is -0.411. The van der Waals surface area contributed by atoms with E-state index in [0.29, 0.717) is 11.8 Å². The highest BCUT2D eigenvalue weighted by Gasteiger charge is 2.32. The second-order valence-electron chi connectivity index (χ2n) is 7.89. The summed E-state index contributed by atoms with van der Waals surface area (Å²) in [4.78, 5) is 24.0. The lowest BCUT2D eigenvalue weighted by atomic mass is 9.80. The first-order valence-electron chi connectivity index (χ1n) is 10.0. The van der Waals surface area contributed by atoms with Crippen LogP contribution in [0.4, 0.5) is 0 Å². The van der Waals surface area contributed by atoms with Gasteiger partial charge in [-0.1, -0.05) is 53.9 Å². The van der Waals surface area contributed by atoms with Crippen molar-refractivity contribution in [3.8, 4) is 0 Å². The van der Waals surface area contributed by atoms with Crippen LogP contribution in [0.5, 0.6) is 0 Å². The maximum absolute atomic E-state index is 12.2. The largest absolute Gasteiger partial charge is 0.462 e. The molecule has 4 heteroatoms. The molecule has 0 amide bonds. The van der Waals surface area contributed by atoms with E-state index in [1.165, 1.54) is 12.8 Å². The average molecular weight is 357 g/mol. The molecule has 0 bridgehead atoms. The fraction of sp³-hybridized carbons (Fsp3) is 0.905. The fourth-order valence-electron chi connectivity index (χ4n) is 2.60. The third-order valence-electron chi connectivity index (χ3n) is 5.96. The van der Waals surface area contributed by atoms with E-state index in [4.69, 9.17) is 9.47 Å². The van der Waals surface area contributed by atoms with Gasteiger partial charge in [-0.15, -0.1) is 0 Å². The Balaban J connectivity index is 4.04. The molecule has 4 nitrogen and oxygen atoms in total. The number of unbranched alkanes of at least 4 members (excludes halogenated alkanes) is 1. The van der Waals surface area contributed by atoms with Gasteiger partial charge in [0.05, 0.1) is 5.41 Å². The summed E-state index contributed by atoms with van der Waals surface area (Å²) in [5, 5.41) is 0. The number of carbonyl (C=O) groups is 2. The second-order valence-corrected chi connectivity index (χ2v) is 7.89. The van der Waals surface area contributed by atoms with E-state index < -0.39 is 11.5 Å². The Morgan fingerprint density at radius 2 is 1.48 bits per heavy atom. The summed E-state index contributed by atoms with van der Waals surface area (Å²) in [5.41, 5.74) is -0.0682. The van der Waals surface area contributed by atoms with Crippen LogP contribution in [0.1, 0.15) is 99.8 Å². The minimum absolute atomic E-state index is 0.135. The van der Waals surface area contributed by atoms with Crippen LogP contribution in [0.3, 0.4) is 0 Å². The molecule has 0 heterocycles. The zero-order valence-corrected chi connectivity index (χ0v) is 17.6. The van der Waals surface area contributed by atoms with Crippen LogP contribution in [0.25, 0.3) is 0 Å². The van der Waals surface area contributed by atoms with Crippen LogP contribution in [0.2, 0.25) is 0 Å². The molecule has 0 aromatic carbocycles. The quantitative estimate of drug-likeness (QED) is 0.315. The van der Waals surface area contributed by atoms with Gasteiger partial charge in [0, 0.05) is 6.42 Å². The minimum atomic E-state index is -0.455. The predicted octanol–water partition coefficient (Wildman–Crippen LogP) is 5.67. The van der Waals surface area contributed by atoms with E-state index in [-0.39, 0.29) is 18.5 Å².